The van der Waals surface area contributed by atoms with Crippen LogP contribution in [0.4, 0.5) is 0 Å². The van der Waals surface area contributed by atoms with Crippen LogP contribution in [0.1, 0.15) is 15.9 Å². The minimum absolute atomic E-state index is 0.154. The molecule has 26 heavy (non-hydrogen) atoms. The van der Waals surface area contributed by atoms with E-state index in [0.717, 1.165) is 26.7 Å². The Morgan fingerprint density at radius 2 is 1.96 bits per heavy atom. The molecule has 0 atom stereocenters. The highest BCUT2D eigenvalue weighted by Gasteiger charge is 2.21. The molecule has 0 unspecified atom stereocenters. The van der Waals surface area contributed by atoms with Crippen LogP contribution in [0.2, 0.25) is 5.02 Å². The van der Waals surface area contributed by atoms with Crippen LogP contribution in [0.25, 0.3) is 22.2 Å². The number of pyridine rings is 1. The first-order valence-corrected chi connectivity index (χ1v) is 9.11. The smallest absolute Gasteiger partial charge is 0.264 e. The van der Waals surface area contributed by atoms with Crippen LogP contribution in [-0.2, 0) is 0 Å². The Balaban J connectivity index is 2.08. The van der Waals surface area contributed by atoms with Crippen molar-refractivity contribution in [3.63, 3.8) is 0 Å². The van der Waals surface area contributed by atoms with Gasteiger partial charge in [-0.1, -0.05) is 41.9 Å². The monoisotopic (exact) mass is 425 g/mol. The third kappa shape index (κ3) is 2.83. The Hall–Kier alpha value is -2.50. The number of halogens is 2. The highest BCUT2D eigenvalue weighted by molar-refractivity contribution is 9.10. The van der Waals surface area contributed by atoms with Gasteiger partial charge in [0.25, 0.3) is 5.91 Å². The van der Waals surface area contributed by atoms with Crippen LogP contribution < -0.4 is 0 Å². The second kappa shape index (κ2) is 6.67. The molecule has 4 rings (SSSR count). The van der Waals surface area contributed by atoms with Crippen molar-refractivity contribution in [3.8, 4) is 11.3 Å². The van der Waals surface area contributed by atoms with Crippen molar-refractivity contribution >= 4 is 44.3 Å². The molecule has 2 aromatic carbocycles. The van der Waals surface area contributed by atoms with E-state index in [1.165, 1.54) is 10.9 Å². The van der Waals surface area contributed by atoms with E-state index in [4.69, 9.17) is 16.6 Å². The lowest BCUT2D eigenvalue weighted by atomic mass is 9.97. The summed E-state index contributed by atoms with van der Waals surface area (Å²) in [5.41, 5.74) is 3.79. The molecule has 0 bridgehead atoms. The zero-order chi connectivity index (χ0) is 18.3. The highest BCUT2D eigenvalue weighted by atomic mass is 79.9. The summed E-state index contributed by atoms with van der Waals surface area (Å²) in [7, 11) is 0. The molecule has 0 radical (unpaired) electrons. The number of nitrogens with zero attached hydrogens (tertiary/aromatic N) is 3. The second-order valence-corrected chi connectivity index (χ2v) is 7.15. The standard InChI is InChI=1S/C20H13BrClN3O/c1-12-18(20(26)25-8-7-23-11-25)14-9-15(21)16(22)10-17(14)24-19(12)13-5-3-2-4-6-13/h2-11H,1H3. The van der Waals surface area contributed by atoms with Gasteiger partial charge in [-0.15, -0.1) is 0 Å². The van der Waals surface area contributed by atoms with Crippen LogP contribution in [0.15, 0.2) is 65.7 Å². The molecule has 128 valence electrons. The first-order chi connectivity index (χ1) is 12.6. The summed E-state index contributed by atoms with van der Waals surface area (Å²) in [6.45, 7) is 1.92. The number of hydrogen-bond donors (Lipinski definition) is 0. The quantitative estimate of drug-likeness (QED) is 0.424. The number of fused-ring (bicyclic) bond motifs is 1. The van der Waals surface area contributed by atoms with Crippen LogP contribution in [0.3, 0.4) is 0 Å². The molecule has 6 heteroatoms. The molecule has 0 aliphatic rings. The molecule has 0 amide bonds. The van der Waals surface area contributed by atoms with Crippen LogP contribution >= 0.6 is 27.5 Å². The summed E-state index contributed by atoms with van der Waals surface area (Å²) in [4.78, 5) is 21.9. The largest absolute Gasteiger partial charge is 0.272 e. The lowest BCUT2D eigenvalue weighted by Gasteiger charge is -2.15. The highest BCUT2D eigenvalue weighted by Crippen LogP contribution is 2.34. The molecule has 4 nitrogen and oxygen atoms in total. The van der Waals surface area contributed by atoms with E-state index in [0.29, 0.717) is 16.1 Å². The Bertz CT molecular complexity index is 1130. The van der Waals surface area contributed by atoms with Crippen LogP contribution in [-0.4, -0.2) is 20.4 Å². The van der Waals surface area contributed by atoms with E-state index in [-0.39, 0.29) is 5.91 Å². The Labute approximate surface area is 163 Å². The lowest BCUT2D eigenvalue weighted by molar-refractivity contribution is 0.0961. The molecule has 0 aliphatic carbocycles. The molecular formula is C20H13BrClN3O. The van der Waals surface area contributed by atoms with Gasteiger partial charge < -0.3 is 0 Å². The fourth-order valence-electron chi connectivity index (χ4n) is 3.01. The third-order valence-electron chi connectivity index (χ3n) is 4.27. The number of hydrogen-bond acceptors (Lipinski definition) is 3. The van der Waals surface area contributed by atoms with Gasteiger partial charge in [-0.05, 0) is 40.5 Å². The Morgan fingerprint density at radius 3 is 2.65 bits per heavy atom. The van der Waals surface area contributed by atoms with Gasteiger partial charge in [0.05, 0.1) is 21.8 Å². The molecule has 2 aromatic heterocycles. The molecule has 4 aromatic rings. The van der Waals surface area contributed by atoms with Crippen molar-refractivity contribution < 1.29 is 4.79 Å². The number of benzene rings is 2. The molecule has 0 aliphatic heterocycles. The number of aromatic nitrogens is 3. The topological polar surface area (TPSA) is 47.8 Å². The summed E-state index contributed by atoms with van der Waals surface area (Å²) in [6.07, 6.45) is 4.73. The minimum atomic E-state index is -0.154. The molecule has 0 saturated heterocycles. The summed E-state index contributed by atoms with van der Waals surface area (Å²) in [5, 5.41) is 1.30. The predicted octanol–water partition coefficient (Wildman–Crippen LogP) is 5.51. The molecule has 0 spiro atoms. The van der Waals surface area contributed by atoms with Crippen LogP contribution in [0.5, 0.6) is 0 Å². The Morgan fingerprint density at radius 1 is 1.19 bits per heavy atom. The maximum absolute atomic E-state index is 13.2. The van der Waals surface area contributed by atoms with Crippen molar-refractivity contribution in [2.45, 2.75) is 6.92 Å². The number of imidazole rings is 1. The average molecular weight is 427 g/mol. The van der Waals surface area contributed by atoms with Gasteiger partial charge in [-0.25, -0.2) is 9.97 Å². The van der Waals surface area contributed by atoms with Crippen molar-refractivity contribution in [1.29, 1.82) is 0 Å². The lowest BCUT2D eigenvalue weighted by Crippen LogP contribution is -2.13. The fraction of sp³-hybridized carbons (Fsp3) is 0.0500. The summed E-state index contributed by atoms with van der Waals surface area (Å²) in [6, 6.07) is 13.4. The van der Waals surface area contributed by atoms with Crippen molar-refractivity contribution in [1.82, 2.24) is 14.5 Å². The maximum atomic E-state index is 13.2. The second-order valence-electron chi connectivity index (χ2n) is 5.89. The average Bonchev–Trinajstić information content (AvgIpc) is 3.18. The van der Waals surface area contributed by atoms with E-state index < -0.39 is 0 Å². The van der Waals surface area contributed by atoms with E-state index in [1.54, 1.807) is 18.5 Å². The first kappa shape index (κ1) is 16.9. The van der Waals surface area contributed by atoms with E-state index in [2.05, 4.69) is 20.9 Å². The van der Waals surface area contributed by atoms with Gasteiger partial charge in [-0.2, -0.15) is 0 Å². The van der Waals surface area contributed by atoms with Crippen molar-refractivity contribution in [2.75, 3.05) is 0 Å². The van der Waals surface area contributed by atoms with Crippen molar-refractivity contribution in [2.24, 2.45) is 0 Å². The SMILES string of the molecule is Cc1c(-c2ccccc2)nc2cc(Cl)c(Br)cc2c1C(=O)n1ccnc1. The fourth-order valence-corrected chi connectivity index (χ4v) is 3.52. The molecule has 0 fully saturated rings. The minimum Gasteiger partial charge on any atom is -0.272 e. The van der Waals surface area contributed by atoms with E-state index in [9.17, 15) is 4.79 Å². The molecule has 0 N–H and O–H groups in total. The number of carbonyl (C=O) groups is 1. The third-order valence-corrected chi connectivity index (χ3v) is 5.47. The number of carbonyl (C=O) groups excluding carboxylic acids is 1. The van der Waals surface area contributed by atoms with E-state index in [1.807, 2.05) is 43.3 Å². The van der Waals surface area contributed by atoms with Gasteiger partial charge in [0.2, 0.25) is 0 Å². The predicted molar refractivity (Wildman–Crippen MR) is 107 cm³/mol. The Kier molecular flexibility index (Phi) is 4.34. The molecule has 2 heterocycles. The van der Waals surface area contributed by atoms with Gasteiger partial charge in [0.1, 0.15) is 6.33 Å². The van der Waals surface area contributed by atoms with Gasteiger partial charge in [0, 0.05) is 27.8 Å². The zero-order valence-electron chi connectivity index (χ0n) is 13.8. The maximum Gasteiger partial charge on any atom is 0.264 e. The molecular weight excluding hydrogens is 414 g/mol. The summed E-state index contributed by atoms with van der Waals surface area (Å²) < 4.78 is 2.19. The molecule has 0 saturated carbocycles. The number of rotatable bonds is 2. The zero-order valence-corrected chi connectivity index (χ0v) is 16.1. The van der Waals surface area contributed by atoms with Crippen LogP contribution in [0, 0.1) is 6.92 Å². The summed E-state index contributed by atoms with van der Waals surface area (Å²) in [5.74, 6) is -0.154. The van der Waals surface area contributed by atoms with E-state index >= 15 is 0 Å². The normalized spacial score (nSPS) is 11.0. The van der Waals surface area contributed by atoms with Gasteiger partial charge in [0.15, 0.2) is 0 Å². The van der Waals surface area contributed by atoms with Gasteiger partial charge >= 0.3 is 0 Å². The first-order valence-electron chi connectivity index (χ1n) is 7.93. The van der Waals surface area contributed by atoms with Crippen molar-refractivity contribution in [3.05, 3.63) is 81.8 Å². The van der Waals surface area contributed by atoms with Gasteiger partial charge in [-0.3, -0.25) is 9.36 Å². The summed E-state index contributed by atoms with van der Waals surface area (Å²) >= 11 is 9.72.